The van der Waals surface area contributed by atoms with Crippen molar-refractivity contribution in [2.45, 2.75) is 101 Å². The lowest BCUT2D eigenvalue weighted by molar-refractivity contribution is -0.142. The zero-order valence-corrected chi connectivity index (χ0v) is 28.9. The first-order chi connectivity index (χ1) is 23.2. The molecule has 49 heavy (non-hydrogen) atoms. The number of rotatable bonds is 6. The number of aromatic nitrogens is 2. The molecule has 3 heterocycles. The summed E-state index contributed by atoms with van der Waals surface area (Å²) in [7, 11) is -3.88. The van der Waals surface area contributed by atoms with E-state index in [0.29, 0.717) is 36.0 Å². The quantitative estimate of drug-likeness (QED) is 0.379. The standard InChI is InChI=1S/C34H44N6O8S/c1-5-21-17-34(21,31(43)39-49(45,46)23-11-12-23)38-28(41)26-16-22-18-40(26)30(42)27(33(2,3)4)37-32(44)47-14-8-6-7-9-20-10-13-25-24(15-20)29(48-22)36-19-35-25/h5,10,13,15,19,21-23,26-27H,1,6-9,11-12,14,16-18H2,2-4H3,(H,37,44)(H,38,41)(H,39,43)/t21-,22-,26+,27-,34-/m1/s1. The van der Waals surface area contributed by atoms with E-state index in [1.807, 2.05) is 18.2 Å². The topological polar surface area (TPSA) is 186 Å². The Labute approximate surface area is 285 Å². The van der Waals surface area contributed by atoms with Gasteiger partial charge >= 0.3 is 6.09 Å². The number of nitrogens with zero attached hydrogens (tertiary/aromatic N) is 3. The Bertz CT molecular complexity index is 1770. The number of aryl methyl sites for hydroxylation is 1. The van der Waals surface area contributed by atoms with Gasteiger partial charge in [-0.1, -0.05) is 32.9 Å². The average Bonchev–Trinajstić information content (AvgIpc) is 3.97. The SMILES string of the molecule is C=C[C@@H]1C[C@]1(NC(=O)[C@@H]1C[C@@H]2CN1C(=O)[C@H](C(C)(C)C)NC(=O)OCCCCCc1ccc3ncnc(c3c1)O2)C(=O)NS(=O)(=O)C1CC1. The average molecular weight is 697 g/mol. The predicted molar refractivity (Wildman–Crippen MR) is 179 cm³/mol. The molecular weight excluding hydrogens is 652 g/mol. The Balaban J connectivity index is 1.32. The number of nitrogens with one attached hydrogen (secondary N) is 3. The number of sulfonamides is 1. The minimum absolute atomic E-state index is 0.0223. The molecule has 0 unspecified atom stereocenters. The third-order valence-corrected chi connectivity index (χ3v) is 11.6. The highest BCUT2D eigenvalue weighted by atomic mass is 32.2. The van der Waals surface area contributed by atoms with E-state index in [4.69, 9.17) is 9.47 Å². The predicted octanol–water partition coefficient (Wildman–Crippen LogP) is 2.51. The first-order valence-corrected chi connectivity index (χ1v) is 18.4. The molecule has 4 bridgehead atoms. The molecule has 5 atom stereocenters. The van der Waals surface area contributed by atoms with Gasteiger partial charge in [0.25, 0.3) is 5.91 Å². The third kappa shape index (κ3) is 7.36. The maximum absolute atomic E-state index is 14.4. The zero-order valence-electron chi connectivity index (χ0n) is 28.1. The van der Waals surface area contributed by atoms with Gasteiger partial charge in [-0.2, -0.15) is 0 Å². The summed E-state index contributed by atoms with van der Waals surface area (Å²) in [5.74, 6) is -2.21. The van der Waals surface area contributed by atoms with Crippen LogP contribution >= 0.6 is 0 Å². The number of carbonyl (C=O) groups is 4. The molecule has 4 amide bonds. The lowest BCUT2D eigenvalue weighted by Crippen LogP contribution is -2.60. The fourth-order valence-electron chi connectivity index (χ4n) is 6.63. The molecule has 264 valence electrons. The van der Waals surface area contributed by atoms with E-state index in [-0.39, 0.29) is 26.0 Å². The Kier molecular flexibility index (Phi) is 9.33. The van der Waals surface area contributed by atoms with Crippen molar-refractivity contribution in [2.24, 2.45) is 11.3 Å². The van der Waals surface area contributed by atoms with Crippen LogP contribution in [-0.2, 0) is 35.6 Å². The Morgan fingerprint density at radius 2 is 1.92 bits per heavy atom. The van der Waals surface area contributed by atoms with Crippen molar-refractivity contribution in [2.75, 3.05) is 13.2 Å². The molecule has 14 nitrogen and oxygen atoms in total. The lowest BCUT2D eigenvalue weighted by atomic mass is 9.85. The van der Waals surface area contributed by atoms with Crippen LogP contribution in [0.3, 0.4) is 0 Å². The van der Waals surface area contributed by atoms with Gasteiger partial charge in [0.2, 0.25) is 27.7 Å². The summed E-state index contributed by atoms with van der Waals surface area (Å²) in [6.45, 7) is 9.31. The van der Waals surface area contributed by atoms with Crippen LogP contribution in [0.15, 0.2) is 37.2 Å². The number of alkyl carbamates (subject to hydrolysis) is 1. The molecule has 1 aromatic heterocycles. The number of hydrogen-bond acceptors (Lipinski definition) is 10. The van der Waals surface area contributed by atoms with Crippen molar-refractivity contribution in [3.8, 4) is 5.88 Å². The fraction of sp³-hybridized carbons (Fsp3) is 0.588. The number of ether oxygens (including phenoxy) is 2. The molecule has 2 aromatic rings. The maximum atomic E-state index is 14.4. The summed E-state index contributed by atoms with van der Waals surface area (Å²) in [6.07, 6.45) is 5.73. The monoisotopic (exact) mass is 696 g/mol. The van der Waals surface area contributed by atoms with E-state index in [9.17, 15) is 27.6 Å². The van der Waals surface area contributed by atoms with Crippen molar-refractivity contribution >= 4 is 44.7 Å². The second-order valence-electron chi connectivity index (χ2n) is 14.6. The molecule has 2 saturated carbocycles. The first kappa shape index (κ1) is 34.6. The molecule has 0 radical (unpaired) electrons. The highest BCUT2D eigenvalue weighted by Gasteiger charge is 2.62. The van der Waals surface area contributed by atoms with Crippen LogP contribution in [0.25, 0.3) is 10.9 Å². The minimum atomic E-state index is -3.88. The van der Waals surface area contributed by atoms with E-state index >= 15 is 0 Å². The molecule has 2 aliphatic heterocycles. The van der Waals surface area contributed by atoms with Crippen LogP contribution in [0.5, 0.6) is 5.88 Å². The largest absolute Gasteiger partial charge is 0.472 e. The second-order valence-corrected chi connectivity index (χ2v) is 16.5. The van der Waals surface area contributed by atoms with Crippen LogP contribution in [0.4, 0.5) is 4.79 Å². The van der Waals surface area contributed by atoms with Crippen LogP contribution in [0.1, 0.15) is 71.3 Å². The molecule has 6 rings (SSSR count). The van der Waals surface area contributed by atoms with E-state index < -0.39 is 74.1 Å². The molecule has 3 N–H and O–H groups in total. The Morgan fingerprint density at radius 1 is 1.14 bits per heavy atom. The summed E-state index contributed by atoms with van der Waals surface area (Å²) >= 11 is 0. The van der Waals surface area contributed by atoms with E-state index in [1.54, 1.807) is 20.8 Å². The van der Waals surface area contributed by atoms with Gasteiger partial charge in [0, 0.05) is 12.3 Å². The summed E-state index contributed by atoms with van der Waals surface area (Å²) in [6, 6.07) is 3.69. The highest BCUT2D eigenvalue weighted by molar-refractivity contribution is 7.91. The maximum Gasteiger partial charge on any atom is 0.407 e. The van der Waals surface area contributed by atoms with Crippen LogP contribution in [0.2, 0.25) is 0 Å². The molecule has 0 spiro atoms. The van der Waals surface area contributed by atoms with Gasteiger partial charge < -0.3 is 25.0 Å². The van der Waals surface area contributed by atoms with Gasteiger partial charge in [0.05, 0.1) is 29.3 Å². The van der Waals surface area contributed by atoms with Gasteiger partial charge in [0.15, 0.2) is 0 Å². The third-order valence-electron chi connectivity index (χ3n) is 9.76. The normalized spacial score (nSPS) is 28.0. The van der Waals surface area contributed by atoms with Crippen molar-refractivity contribution in [3.05, 3.63) is 42.7 Å². The number of hydrogen-bond donors (Lipinski definition) is 3. The van der Waals surface area contributed by atoms with Crippen molar-refractivity contribution in [1.29, 1.82) is 0 Å². The van der Waals surface area contributed by atoms with E-state index in [1.165, 1.54) is 17.3 Å². The van der Waals surface area contributed by atoms with Gasteiger partial charge in [0.1, 0.15) is 30.1 Å². The molecular formula is C34H44N6O8S. The number of cyclic esters (lactones) is 1. The first-order valence-electron chi connectivity index (χ1n) is 16.9. The van der Waals surface area contributed by atoms with Gasteiger partial charge in [-0.3, -0.25) is 19.1 Å². The van der Waals surface area contributed by atoms with Gasteiger partial charge in [-0.25, -0.2) is 23.2 Å². The summed E-state index contributed by atoms with van der Waals surface area (Å²) in [5.41, 5.74) is -0.566. The summed E-state index contributed by atoms with van der Waals surface area (Å²) in [5, 5.41) is 5.58. The summed E-state index contributed by atoms with van der Waals surface area (Å²) < 4.78 is 39.3. The molecule has 15 heteroatoms. The van der Waals surface area contributed by atoms with Gasteiger partial charge in [-0.15, -0.1) is 6.58 Å². The Hall–Kier alpha value is -4.27. The smallest absolute Gasteiger partial charge is 0.407 e. The summed E-state index contributed by atoms with van der Waals surface area (Å²) in [4.78, 5) is 65.0. The van der Waals surface area contributed by atoms with Crippen LogP contribution < -0.4 is 20.1 Å². The van der Waals surface area contributed by atoms with Crippen LogP contribution in [-0.4, -0.2) is 89.2 Å². The molecule has 4 aliphatic rings. The Morgan fingerprint density at radius 3 is 2.61 bits per heavy atom. The molecule has 1 aromatic carbocycles. The van der Waals surface area contributed by atoms with Crippen molar-refractivity contribution in [3.63, 3.8) is 0 Å². The molecule has 1 saturated heterocycles. The number of benzene rings is 1. The number of amides is 4. The molecule has 3 fully saturated rings. The zero-order chi connectivity index (χ0) is 35.1. The molecule has 2 aliphatic carbocycles. The number of carbonyl (C=O) groups excluding carboxylic acids is 4. The number of fused-ring (bicyclic) bond motifs is 3. The van der Waals surface area contributed by atoms with E-state index in [2.05, 4.69) is 31.9 Å². The fourth-order valence-corrected chi connectivity index (χ4v) is 7.99. The van der Waals surface area contributed by atoms with Gasteiger partial charge in [-0.05, 0) is 68.1 Å². The second kappa shape index (κ2) is 13.2. The lowest BCUT2D eigenvalue weighted by Gasteiger charge is -2.35. The van der Waals surface area contributed by atoms with Crippen molar-refractivity contribution in [1.82, 2.24) is 30.2 Å². The van der Waals surface area contributed by atoms with E-state index in [0.717, 1.165) is 24.8 Å². The van der Waals surface area contributed by atoms with Crippen molar-refractivity contribution < 1.29 is 37.1 Å². The minimum Gasteiger partial charge on any atom is -0.472 e. The van der Waals surface area contributed by atoms with Crippen LogP contribution in [0, 0.1) is 11.3 Å². The highest BCUT2D eigenvalue weighted by Crippen LogP contribution is 2.45.